The number of nitrogen functional groups attached to an aromatic ring is 1. The lowest BCUT2D eigenvalue weighted by Crippen LogP contribution is -2.01. The van der Waals surface area contributed by atoms with Crippen LogP contribution < -0.4 is 10.5 Å². The van der Waals surface area contributed by atoms with Crippen molar-refractivity contribution in [3.63, 3.8) is 0 Å². The van der Waals surface area contributed by atoms with Gasteiger partial charge in [-0.05, 0) is 36.5 Å². The van der Waals surface area contributed by atoms with E-state index in [9.17, 15) is 4.39 Å². The van der Waals surface area contributed by atoms with Gasteiger partial charge in [-0.25, -0.2) is 4.39 Å². The Morgan fingerprint density at radius 3 is 2.84 bits per heavy atom. The molecule has 0 saturated heterocycles. The lowest BCUT2D eigenvalue weighted by atomic mass is 10.1. The minimum absolute atomic E-state index is 0.304. The zero-order valence-corrected chi connectivity index (χ0v) is 10.8. The van der Waals surface area contributed by atoms with Crippen molar-refractivity contribution in [3.8, 4) is 16.9 Å². The van der Waals surface area contributed by atoms with Gasteiger partial charge in [0.25, 0.3) is 0 Å². The highest BCUT2D eigenvalue weighted by Gasteiger charge is 2.22. The first-order chi connectivity index (χ1) is 9.15. The number of benzene rings is 1. The summed E-state index contributed by atoms with van der Waals surface area (Å²) < 4.78 is 21.0. The molecule has 3 rings (SSSR count). The highest BCUT2D eigenvalue weighted by atomic mass is 19.1. The maximum absolute atomic E-state index is 14.0. The average Bonchev–Trinajstić information content (AvgIpc) is 3.16. The van der Waals surface area contributed by atoms with Crippen LogP contribution in [0.3, 0.4) is 0 Å². The van der Waals surface area contributed by atoms with Crippen LogP contribution in [0, 0.1) is 11.7 Å². The number of nitrogens with zero attached hydrogens (tertiary/aromatic N) is 2. The van der Waals surface area contributed by atoms with E-state index < -0.39 is 0 Å². The van der Waals surface area contributed by atoms with Crippen LogP contribution in [-0.4, -0.2) is 16.4 Å². The van der Waals surface area contributed by atoms with Gasteiger partial charge in [0.15, 0.2) is 11.6 Å². The van der Waals surface area contributed by atoms with E-state index in [2.05, 4.69) is 5.10 Å². The van der Waals surface area contributed by atoms with Crippen molar-refractivity contribution in [2.24, 2.45) is 13.0 Å². The van der Waals surface area contributed by atoms with Gasteiger partial charge in [0.1, 0.15) is 5.82 Å². The molecule has 5 heteroatoms. The van der Waals surface area contributed by atoms with Crippen LogP contribution in [0.1, 0.15) is 12.8 Å². The van der Waals surface area contributed by atoms with Crippen molar-refractivity contribution < 1.29 is 9.13 Å². The molecule has 1 aliphatic rings. The second-order valence-corrected chi connectivity index (χ2v) is 4.97. The second-order valence-electron chi connectivity index (χ2n) is 4.97. The SMILES string of the molecule is Cn1ncc(-c2ccc(OCC3CC3)c(F)c2)c1N. The third kappa shape index (κ3) is 2.41. The van der Waals surface area contributed by atoms with E-state index in [1.807, 2.05) is 0 Å². The van der Waals surface area contributed by atoms with Crippen LogP contribution in [0.15, 0.2) is 24.4 Å². The van der Waals surface area contributed by atoms with Crippen molar-refractivity contribution in [1.29, 1.82) is 0 Å². The molecule has 0 unspecified atom stereocenters. The maximum atomic E-state index is 14.0. The minimum Gasteiger partial charge on any atom is -0.490 e. The topological polar surface area (TPSA) is 53.1 Å². The van der Waals surface area contributed by atoms with E-state index in [1.54, 1.807) is 30.1 Å². The fraction of sp³-hybridized carbons (Fsp3) is 0.357. The van der Waals surface area contributed by atoms with E-state index in [0.717, 1.165) is 5.56 Å². The van der Waals surface area contributed by atoms with Gasteiger partial charge in [-0.2, -0.15) is 5.10 Å². The van der Waals surface area contributed by atoms with Crippen LogP contribution in [0.5, 0.6) is 5.75 Å². The number of halogens is 1. The van der Waals surface area contributed by atoms with E-state index in [-0.39, 0.29) is 5.82 Å². The van der Waals surface area contributed by atoms with Crippen LogP contribution >= 0.6 is 0 Å². The number of aromatic nitrogens is 2. The summed E-state index contributed by atoms with van der Waals surface area (Å²) in [6.07, 6.45) is 4.01. The highest BCUT2D eigenvalue weighted by Crippen LogP contribution is 2.32. The summed E-state index contributed by atoms with van der Waals surface area (Å²) in [5.74, 6) is 1.07. The number of ether oxygens (including phenoxy) is 1. The van der Waals surface area contributed by atoms with Crippen LogP contribution in [-0.2, 0) is 7.05 Å². The van der Waals surface area contributed by atoms with Gasteiger partial charge < -0.3 is 10.5 Å². The number of aryl methyl sites for hydroxylation is 1. The van der Waals surface area contributed by atoms with Gasteiger partial charge >= 0.3 is 0 Å². The summed E-state index contributed by atoms with van der Waals surface area (Å²) in [6, 6.07) is 4.90. The summed E-state index contributed by atoms with van der Waals surface area (Å²) in [7, 11) is 1.75. The van der Waals surface area contributed by atoms with Crippen molar-refractivity contribution in [1.82, 2.24) is 9.78 Å². The Labute approximate surface area is 111 Å². The molecule has 4 nitrogen and oxygen atoms in total. The Bertz CT molecular complexity index is 605. The number of anilines is 1. The highest BCUT2D eigenvalue weighted by molar-refractivity contribution is 5.73. The van der Waals surface area contributed by atoms with Crippen LogP contribution in [0.25, 0.3) is 11.1 Å². The van der Waals surface area contributed by atoms with Crippen molar-refractivity contribution >= 4 is 5.82 Å². The molecule has 0 atom stereocenters. The standard InChI is InChI=1S/C14H16FN3O/c1-18-14(16)11(7-17-18)10-4-5-13(12(15)6-10)19-8-9-2-3-9/h4-7,9H,2-3,8,16H2,1H3. The van der Waals surface area contributed by atoms with Crippen LogP contribution in [0.2, 0.25) is 0 Å². The predicted octanol–water partition coefficient (Wildman–Crippen LogP) is 2.60. The molecule has 0 radical (unpaired) electrons. The molecule has 0 spiro atoms. The molecule has 2 N–H and O–H groups in total. The first-order valence-corrected chi connectivity index (χ1v) is 6.35. The molecule has 1 aromatic carbocycles. The number of hydrogen-bond acceptors (Lipinski definition) is 3. The maximum Gasteiger partial charge on any atom is 0.165 e. The Hall–Kier alpha value is -2.04. The van der Waals surface area contributed by atoms with Gasteiger partial charge in [0, 0.05) is 12.6 Å². The molecule has 1 aromatic heterocycles. The van der Waals surface area contributed by atoms with Crippen molar-refractivity contribution in [2.45, 2.75) is 12.8 Å². The fourth-order valence-corrected chi connectivity index (χ4v) is 1.95. The summed E-state index contributed by atoms with van der Waals surface area (Å²) in [6.45, 7) is 0.602. The lowest BCUT2D eigenvalue weighted by Gasteiger charge is -2.08. The smallest absolute Gasteiger partial charge is 0.165 e. The summed E-state index contributed by atoms with van der Waals surface area (Å²) in [5.41, 5.74) is 7.32. The van der Waals surface area contributed by atoms with Crippen molar-refractivity contribution in [2.75, 3.05) is 12.3 Å². The van der Waals surface area contributed by atoms with E-state index in [4.69, 9.17) is 10.5 Å². The molecule has 1 fully saturated rings. The zero-order valence-electron chi connectivity index (χ0n) is 10.8. The van der Waals surface area contributed by atoms with Gasteiger partial charge in [-0.1, -0.05) is 6.07 Å². The Kier molecular flexibility index (Phi) is 2.89. The van der Waals surface area contributed by atoms with Crippen molar-refractivity contribution in [3.05, 3.63) is 30.2 Å². The average molecular weight is 261 g/mol. The van der Waals surface area contributed by atoms with E-state index in [1.165, 1.54) is 18.9 Å². The molecule has 0 bridgehead atoms. The van der Waals surface area contributed by atoms with E-state index >= 15 is 0 Å². The lowest BCUT2D eigenvalue weighted by molar-refractivity contribution is 0.285. The number of rotatable bonds is 4. The summed E-state index contributed by atoms with van der Waals surface area (Å²) in [5, 5.41) is 4.05. The van der Waals surface area contributed by atoms with Gasteiger partial charge in [0.2, 0.25) is 0 Å². The summed E-state index contributed by atoms with van der Waals surface area (Å²) >= 11 is 0. The van der Waals surface area contributed by atoms with E-state index in [0.29, 0.717) is 29.7 Å². The molecule has 19 heavy (non-hydrogen) atoms. The minimum atomic E-state index is -0.360. The molecule has 0 amide bonds. The Morgan fingerprint density at radius 1 is 1.47 bits per heavy atom. The predicted molar refractivity (Wildman–Crippen MR) is 71.2 cm³/mol. The first kappa shape index (κ1) is 12.0. The van der Waals surface area contributed by atoms with Crippen LogP contribution in [0.4, 0.5) is 10.2 Å². The molecule has 1 aliphatic carbocycles. The molecular weight excluding hydrogens is 245 g/mol. The number of nitrogens with two attached hydrogens (primary N) is 1. The molecule has 0 aliphatic heterocycles. The molecule has 1 heterocycles. The Balaban J connectivity index is 1.83. The second kappa shape index (κ2) is 4.57. The normalized spacial score (nSPS) is 14.6. The third-order valence-electron chi connectivity index (χ3n) is 3.40. The molecule has 1 saturated carbocycles. The largest absolute Gasteiger partial charge is 0.490 e. The monoisotopic (exact) mass is 261 g/mol. The van der Waals surface area contributed by atoms with Gasteiger partial charge in [0.05, 0.1) is 12.8 Å². The zero-order chi connectivity index (χ0) is 13.4. The molecule has 2 aromatic rings. The van der Waals surface area contributed by atoms with Gasteiger partial charge in [-0.15, -0.1) is 0 Å². The third-order valence-corrected chi connectivity index (χ3v) is 3.40. The van der Waals surface area contributed by atoms with Gasteiger partial charge in [-0.3, -0.25) is 4.68 Å². The molecule has 100 valence electrons. The number of hydrogen-bond donors (Lipinski definition) is 1. The molecular formula is C14H16FN3O. The Morgan fingerprint density at radius 2 is 2.26 bits per heavy atom. The fourth-order valence-electron chi connectivity index (χ4n) is 1.95. The summed E-state index contributed by atoms with van der Waals surface area (Å²) in [4.78, 5) is 0. The first-order valence-electron chi connectivity index (χ1n) is 6.35. The quantitative estimate of drug-likeness (QED) is 0.920.